The molecule has 1 atom stereocenters. The monoisotopic (exact) mass is 321 g/mol. The molecule has 0 saturated carbocycles. The first-order chi connectivity index (χ1) is 11.3. The summed E-state index contributed by atoms with van der Waals surface area (Å²) in [7, 11) is 0. The van der Waals surface area contributed by atoms with Crippen molar-refractivity contribution >= 4 is 28.0 Å². The van der Waals surface area contributed by atoms with Gasteiger partial charge in [0.2, 0.25) is 0 Å². The topological polar surface area (TPSA) is 20.3 Å². The molecule has 0 radical (unpaired) electrons. The van der Waals surface area contributed by atoms with Gasteiger partial charge in [-0.1, -0.05) is 37.3 Å². The van der Waals surface area contributed by atoms with Crippen molar-refractivity contribution < 1.29 is 4.79 Å². The molecular weight excluding hydrogens is 302 g/mol. The van der Waals surface area contributed by atoms with Crippen molar-refractivity contribution in [2.45, 2.75) is 25.8 Å². The second-order valence-corrected chi connectivity index (χ2v) is 7.03. The maximum Gasteiger partial charge on any atom is 0.254 e. The van der Waals surface area contributed by atoms with E-state index in [1.54, 1.807) is 0 Å². The number of fused-ring (bicyclic) bond motifs is 2. The molecule has 0 N–H and O–H groups in total. The molecule has 4 rings (SSSR count). The van der Waals surface area contributed by atoms with Crippen molar-refractivity contribution in [1.29, 1.82) is 0 Å². The molecule has 0 aliphatic carbocycles. The van der Waals surface area contributed by atoms with E-state index in [1.807, 2.05) is 41.7 Å². The van der Waals surface area contributed by atoms with Crippen LogP contribution in [0.2, 0.25) is 0 Å². The van der Waals surface area contributed by atoms with Crippen molar-refractivity contribution in [3.63, 3.8) is 0 Å². The molecule has 23 heavy (non-hydrogen) atoms. The van der Waals surface area contributed by atoms with Gasteiger partial charge in [0, 0.05) is 17.0 Å². The van der Waals surface area contributed by atoms with Gasteiger partial charge in [-0.2, -0.15) is 0 Å². The van der Waals surface area contributed by atoms with Crippen molar-refractivity contribution in [3.8, 4) is 0 Å². The zero-order chi connectivity index (χ0) is 15.8. The number of benzene rings is 2. The Bertz CT molecular complexity index is 867. The number of nitrogens with zero attached hydrogens (tertiary/aromatic N) is 1. The minimum Gasteiger partial charge on any atom is -0.331 e. The minimum absolute atomic E-state index is 0.152. The fourth-order valence-corrected chi connectivity index (χ4v) is 4.50. The van der Waals surface area contributed by atoms with Crippen LogP contribution in [0.4, 0.5) is 0 Å². The predicted molar refractivity (Wildman–Crippen MR) is 96.0 cm³/mol. The lowest BCUT2D eigenvalue weighted by Gasteiger charge is -2.35. The van der Waals surface area contributed by atoms with Gasteiger partial charge in [-0.3, -0.25) is 4.79 Å². The quantitative estimate of drug-likeness (QED) is 0.646. The molecule has 3 heteroatoms. The molecule has 2 aromatic carbocycles. The molecule has 0 saturated heterocycles. The zero-order valence-corrected chi connectivity index (χ0v) is 14.0. The van der Waals surface area contributed by atoms with Gasteiger partial charge in [0.05, 0.1) is 6.04 Å². The minimum atomic E-state index is 0.152. The summed E-state index contributed by atoms with van der Waals surface area (Å²) in [6, 6.07) is 16.6. The number of hydrogen-bond acceptors (Lipinski definition) is 2. The number of amides is 1. The average molecular weight is 321 g/mol. The van der Waals surface area contributed by atoms with Gasteiger partial charge in [0.25, 0.3) is 5.91 Å². The van der Waals surface area contributed by atoms with Gasteiger partial charge in [0.1, 0.15) is 0 Å². The lowest BCUT2D eigenvalue weighted by Crippen LogP contribution is -2.39. The highest BCUT2D eigenvalue weighted by molar-refractivity contribution is 7.10. The van der Waals surface area contributed by atoms with Crippen molar-refractivity contribution in [2.24, 2.45) is 0 Å². The van der Waals surface area contributed by atoms with Crippen LogP contribution in [0.1, 0.15) is 40.2 Å². The Balaban J connectivity index is 1.70. The predicted octanol–water partition coefficient (Wildman–Crippen LogP) is 5.05. The van der Waals surface area contributed by atoms with Crippen molar-refractivity contribution in [3.05, 3.63) is 69.9 Å². The second-order valence-electron chi connectivity index (χ2n) is 6.03. The van der Waals surface area contributed by atoms with E-state index >= 15 is 0 Å². The molecule has 3 aromatic rings. The molecule has 1 aliphatic heterocycles. The Labute approximate surface area is 140 Å². The Morgan fingerprint density at radius 2 is 2.00 bits per heavy atom. The molecule has 2 heterocycles. The highest BCUT2D eigenvalue weighted by Crippen LogP contribution is 2.36. The molecule has 0 fully saturated rings. The molecule has 116 valence electrons. The fraction of sp³-hybridized carbons (Fsp3) is 0.250. The lowest BCUT2D eigenvalue weighted by atomic mass is 9.96. The molecule has 0 unspecified atom stereocenters. The molecule has 0 spiro atoms. The summed E-state index contributed by atoms with van der Waals surface area (Å²) in [5.74, 6) is 0.152. The maximum atomic E-state index is 13.1. The van der Waals surface area contributed by atoms with E-state index in [4.69, 9.17) is 0 Å². The lowest BCUT2D eigenvalue weighted by molar-refractivity contribution is 0.0657. The summed E-state index contributed by atoms with van der Waals surface area (Å²) in [5.41, 5.74) is 2.14. The first-order valence-corrected chi connectivity index (χ1v) is 9.02. The van der Waals surface area contributed by atoms with Gasteiger partial charge in [-0.25, -0.2) is 0 Å². The average Bonchev–Trinajstić information content (AvgIpc) is 3.08. The Kier molecular flexibility index (Phi) is 3.66. The van der Waals surface area contributed by atoms with Crippen molar-refractivity contribution in [1.82, 2.24) is 4.90 Å². The first kappa shape index (κ1) is 14.5. The van der Waals surface area contributed by atoms with Crippen molar-refractivity contribution in [2.75, 3.05) is 6.54 Å². The van der Waals surface area contributed by atoms with Crippen LogP contribution in [0.25, 0.3) is 10.8 Å². The van der Waals surface area contributed by atoms with Gasteiger partial charge in [-0.15, -0.1) is 11.3 Å². The fourth-order valence-electron chi connectivity index (χ4n) is 3.57. The van der Waals surface area contributed by atoms with Gasteiger partial charge in [0.15, 0.2) is 0 Å². The van der Waals surface area contributed by atoms with Crippen LogP contribution in [0.5, 0.6) is 0 Å². The van der Waals surface area contributed by atoms with E-state index in [0.717, 1.165) is 30.3 Å². The Morgan fingerprint density at radius 3 is 2.83 bits per heavy atom. The molecule has 1 aromatic heterocycles. The number of carbonyl (C=O) groups excluding carboxylic acids is 1. The summed E-state index contributed by atoms with van der Waals surface area (Å²) in [6.07, 6.45) is 1.94. The number of carbonyl (C=O) groups is 1. The van der Waals surface area contributed by atoms with E-state index < -0.39 is 0 Å². The first-order valence-electron chi connectivity index (χ1n) is 8.14. The van der Waals surface area contributed by atoms with E-state index in [0.29, 0.717) is 0 Å². The third kappa shape index (κ3) is 2.45. The second kappa shape index (κ2) is 5.82. The van der Waals surface area contributed by atoms with Crippen LogP contribution in [0.3, 0.4) is 0 Å². The standard InChI is InChI=1S/C20H19NOS/c1-2-18-17-10-12-23-19(17)9-11-21(18)20(22)16-8-7-14-5-3-4-6-15(14)13-16/h3-8,10,12-13,18H,2,9,11H2,1H3/t18-/m0/s1. The number of thiophene rings is 1. The summed E-state index contributed by atoms with van der Waals surface area (Å²) in [5, 5.41) is 4.45. The summed E-state index contributed by atoms with van der Waals surface area (Å²) >= 11 is 1.82. The van der Waals surface area contributed by atoms with Crippen LogP contribution >= 0.6 is 11.3 Å². The van der Waals surface area contributed by atoms with Crippen LogP contribution in [-0.2, 0) is 6.42 Å². The van der Waals surface area contributed by atoms with E-state index in [9.17, 15) is 4.79 Å². The normalized spacial score (nSPS) is 17.3. The molecule has 2 nitrogen and oxygen atoms in total. The van der Waals surface area contributed by atoms with Crippen LogP contribution < -0.4 is 0 Å². The molecule has 1 aliphatic rings. The maximum absolute atomic E-state index is 13.1. The van der Waals surface area contributed by atoms with Gasteiger partial charge in [-0.05, 0) is 52.8 Å². The Morgan fingerprint density at radius 1 is 1.17 bits per heavy atom. The van der Waals surface area contributed by atoms with Crippen LogP contribution in [0, 0.1) is 0 Å². The zero-order valence-electron chi connectivity index (χ0n) is 13.2. The summed E-state index contributed by atoms with van der Waals surface area (Å²) in [6.45, 7) is 2.98. The van der Waals surface area contributed by atoms with E-state index in [-0.39, 0.29) is 11.9 Å². The van der Waals surface area contributed by atoms with Crippen LogP contribution in [0.15, 0.2) is 53.9 Å². The third-order valence-corrected chi connectivity index (χ3v) is 5.74. The van der Waals surface area contributed by atoms with Gasteiger partial charge < -0.3 is 4.90 Å². The molecular formula is C20H19NOS. The summed E-state index contributed by atoms with van der Waals surface area (Å²) < 4.78 is 0. The highest BCUT2D eigenvalue weighted by Gasteiger charge is 2.30. The number of hydrogen-bond donors (Lipinski definition) is 0. The van der Waals surface area contributed by atoms with Crippen LogP contribution in [-0.4, -0.2) is 17.4 Å². The molecule has 0 bridgehead atoms. The SMILES string of the molecule is CC[C@H]1c2ccsc2CCN1C(=O)c1ccc2ccccc2c1. The summed E-state index contributed by atoms with van der Waals surface area (Å²) in [4.78, 5) is 16.6. The third-order valence-electron chi connectivity index (χ3n) is 4.74. The number of rotatable bonds is 2. The Hall–Kier alpha value is -2.13. The van der Waals surface area contributed by atoms with E-state index in [2.05, 4.69) is 35.4 Å². The highest BCUT2D eigenvalue weighted by atomic mass is 32.1. The van der Waals surface area contributed by atoms with E-state index in [1.165, 1.54) is 15.8 Å². The smallest absolute Gasteiger partial charge is 0.254 e. The largest absolute Gasteiger partial charge is 0.331 e. The molecule has 1 amide bonds. The van der Waals surface area contributed by atoms with Gasteiger partial charge >= 0.3 is 0 Å².